The van der Waals surface area contributed by atoms with E-state index in [1.165, 1.54) is 4.80 Å². The second-order valence-electron chi connectivity index (χ2n) is 5.44. The molecule has 0 aliphatic carbocycles. The van der Waals surface area contributed by atoms with Crippen molar-refractivity contribution in [3.63, 3.8) is 0 Å². The maximum Gasteiger partial charge on any atom is 0.246 e. The number of tetrazole rings is 1. The smallest absolute Gasteiger partial charge is 0.246 e. The van der Waals surface area contributed by atoms with Crippen molar-refractivity contribution < 1.29 is 19.0 Å². The molecule has 0 unspecified atom stereocenters. The number of carbonyl (C=O) groups is 1. The molecule has 1 aromatic heterocycles. The molecule has 9 heteroatoms. The van der Waals surface area contributed by atoms with E-state index in [1.54, 1.807) is 24.1 Å². The van der Waals surface area contributed by atoms with E-state index in [0.717, 1.165) is 5.56 Å². The topological polar surface area (TPSA) is 91.6 Å². The summed E-state index contributed by atoms with van der Waals surface area (Å²) in [5, 5.41) is 12.3. The zero-order chi connectivity index (χ0) is 17.6. The first kappa shape index (κ1) is 17.2. The Morgan fingerprint density at radius 1 is 1.28 bits per heavy atom. The van der Waals surface area contributed by atoms with Gasteiger partial charge in [0.25, 0.3) is 0 Å². The summed E-state index contributed by atoms with van der Waals surface area (Å²) in [6.07, 6.45) is 0. The quantitative estimate of drug-likeness (QED) is 0.756. The molecule has 0 bridgehead atoms. The van der Waals surface area contributed by atoms with E-state index >= 15 is 0 Å². The van der Waals surface area contributed by atoms with Crippen LogP contribution in [0.15, 0.2) is 18.2 Å². The van der Waals surface area contributed by atoms with Crippen molar-refractivity contribution in [2.24, 2.45) is 0 Å². The van der Waals surface area contributed by atoms with Gasteiger partial charge in [0.1, 0.15) is 6.54 Å². The van der Waals surface area contributed by atoms with Gasteiger partial charge in [0, 0.05) is 18.7 Å². The highest BCUT2D eigenvalue weighted by Crippen LogP contribution is 2.31. The van der Waals surface area contributed by atoms with Crippen molar-refractivity contribution in [1.82, 2.24) is 25.1 Å². The van der Waals surface area contributed by atoms with Crippen LogP contribution in [-0.4, -0.2) is 71.0 Å². The Bertz CT molecular complexity index is 727. The van der Waals surface area contributed by atoms with Crippen LogP contribution in [0.3, 0.4) is 0 Å². The zero-order valence-electron chi connectivity index (χ0n) is 14.3. The monoisotopic (exact) mass is 347 g/mol. The SMILES string of the molecule is CCOc1cc(-c2nnn(CC(=O)N3CCOCC3)n2)ccc1OC. The van der Waals surface area contributed by atoms with E-state index in [2.05, 4.69) is 15.4 Å². The van der Waals surface area contributed by atoms with Crippen LogP contribution in [-0.2, 0) is 16.1 Å². The first-order valence-electron chi connectivity index (χ1n) is 8.15. The molecule has 2 aromatic rings. The van der Waals surface area contributed by atoms with Crippen LogP contribution in [0.25, 0.3) is 11.4 Å². The van der Waals surface area contributed by atoms with Crippen LogP contribution in [0.5, 0.6) is 11.5 Å². The summed E-state index contributed by atoms with van der Waals surface area (Å²) in [7, 11) is 1.59. The van der Waals surface area contributed by atoms with Gasteiger partial charge < -0.3 is 19.1 Å². The van der Waals surface area contributed by atoms with Gasteiger partial charge in [0.05, 0.1) is 26.9 Å². The summed E-state index contributed by atoms with van der Waals surface area (Å²) in [4.78, 5) is 15.3. The molecule has 1 aliphatic heterocycles. The molecular weight excluding hydrogens is 326 g/mol. The number of nitrogens with zero attached hydrogens (tertiary/aromatic N) is 5. The van der Waals surface area contributed by atoms with Crippen molar-refractivity contribution in [1.29, 1.82) is 0 Å². The fourth-order valence-electron chi connectivity index (χ4n) is 2.54. The highest BCUT2D eigenvalue weighted by atomic mass is 16.5. The molecule has 9 nitrogen and oxygen atoms in total. The Hall–Kier alpha value is -2.68. The van der Waals surface area contributed by atoms with Crippen LogP contribution in [0.2, 0.25) is 0 Å². The third kappa shape index (κ3) is 4.05. The maximum atomic E-state index is 12.2. The lowest BCUT2D eigenvalue weighted by atomic mass is 10.2. The molecule has 1 fully saturated rings. The molecule has 0 spiro atoms. The van der Waals surface area contributed by atoms with Gasteiger partial charge in [0.15, 0.2) is 11.5 Å². The largest absolute Gasteiger partial charge is 0.493 e. The van der Waals surface area contributed by atoms with E-state index in [0.29, 0.717) is 50.2 Å². The lowest BCUT2D eigenvalue weighted by Crippen LogP contribution is -2.42. The Morgan fingerprint density at radius 2 is 2.08 bits per heavy atom. The Labute approximate surface area is 145 Å². The third-order valence-corrected chi connectivity index (χ3v) is 3.81. The van der Waals surface area contributed by atoms with Gasteiger partial charge in [-0.25, -0.2) is 0 Å². The summed E-state index contributed by atoms with van der Waals surface area (Å²) >= 11 is 0. The standard InChI is InChI=1S/C16H21N5O4/c1-3-25-14-10-12(4-5-13(14)23-2)16-17-19-21(18-16)11-15(22)20-6-8-24-9-7-20/h4-5,10H,3,6-9,11H2,1-2H3. The molecule has 25 heavy (non-hydrogen) atoms. The second kappa shape index (κ2) is 7.93. The molecule has 1 aliphatic rings. The van der Waals surface area contributed by atoms with Gasteiger partial charge >= 0.3 is 0 Å². The maximum absolute atomic E-state index is 12.2. The molecular formula is C16H21N5O4. The molecule has 0 radical (unpaired) electrons. The lowest BCUT2D eigenvalue weighted by molar-refractivity contribution is -0.136. The molecule has 0 N–H and O–H groups in total. The first-order chi connectivity index (χ1) is 12.2. The summed E-state index contributed by atoms with van der Waals surface area (Å²) < 4.78 is 16.1. The Balaban J connectivity index is 1.72. The van der Waals surface area contributed by atoms with Gasteiger partial charge in [-0.05, 0) is 30.3 Å². The van der Waals surface area contributed by atoms with E-state index in [-0.39, 0.29) is 12.5 Å². The number of carbonyl (C=O) groups excluding carboxylic acids is 1. The van der Waals surface area contributed by atoms with Gasteiger partial charge in [-0.1, -0.05) is 0 Å². The number of morpholine rings is 1. The van der Waals surface area contributed by atoms with Crippen molar-refractivity contribution in [3.05, 3.63) is 18.2 Å². The fraction of sp³-hybridized carbons (Fsp3) is 0.500. The average molecular weight is 347 g/mol. The van der Waals surface area contributed by atoms with Crippen molar-refractivity contribution in [2.75, 3.05) is 40.0 Å². The van der Waals surface area contributed by atoms with Crippen molar-refractivity contribution in [2.45, 2.75) is 13.5 Å². The van der Waals surface area contributed by atoms with E-state index in [4.69, 9.17) is 14.2 Å². The number of amides is 1. The minimum Gasteiger partial charge on any atom is -0.493 e. The predicted molar refractivity (Wildman–Crippen MR) is 88.4 cm³/mol. The Kier molecular flexibility index (Phi) is 5.44. The number of benzene rings is 1. The number of hydrogen-bond acceptors (Lipinski definition) is 7. The van der Waals surface area contributed by atoms with E-state index in [1.807, 2.05) is 13.0 Å². The number of rotatable bonds is 6. The summed E-state index contributed by atoms with van der Waals surface area (Å²) in [5.74, 6) is 1.64. The molecule has 2 heterocycles. The minimum atomic E-state index is -0.0445. The van der Waals surface area contributed by atoms with Gasteiger partial charge in [0.2, 0.25) is 11.7 Å². The molecule has 1 saturated heterocycles. The number of hydrogen-bond donors (Lipinski definition) is 0. The molecule has 1 amide bonds. The summed E-state index contributed by atoms with van der Waals surface area (Å²) in [5.41, 5.74) is 0.745. The van der Waals surface area contributed by atoms with Crippen LogP contribution in [0.4, 0.5) is 0 Å². The molecule has 1 aromatic carbocycles. The molecule has 134 valence electrons. The van der Waals surface area contributed by atoms with Crippen LogP contribution in [0, 0.1) is 0 Å². The lowest BCUT2D eigenvalue weighted by Gasteiger charge is -2.26. The van der Waals surface area contributed by atoms with Crippen LogP contribution in [0.1, 0.15) is 6.92 Å². The summed E-state index contributed by atoms with van der Waals surface area (Å²) in [6.45, 7) is 4.79. The fourth-order valence-corrected chi connectivity index (χ4v) is 2.54. The zero-order valence-corrected chi connectivity index (χ0v) is 14.3. The van der Waals surface area contributed by atoms with Gasteiger partial charge in [-0.2, -0.15) is 4.80 Å². The van der Waals surface area contributed by atoms with E-state index in [9.17, 15) is 4.79 Å². The number of aromatic nitrogens is 4. The van der Waals surface area contributed by atoms with Crippen LogP contribution < -0.4 is 9.47 Å². The van der Waals surface area contributed by atoms with Gasteiger partial charge in [-0.3, -0.25) is 4.79 Å². The minimum absolute atomic E-state index is 0.0445. The predicted octanol–water partition coefficient (Wildman–Crippen LogP) is 0.606. The average Bonchev–Trinajstić information content (AvgIpc) is 3.11. The Morgan fingerprint density at radius 3 is 2.80 bits per heavy atom. The second-order valence-corrected chi connectivity index (χ2v) is 5.44. The highest BCUT2D eigenvalue weighted by Gasteiger charge is 2.19. The summed E-state index contributed by atoms with van der Waals surface area (Å²) in [6, 6.07) is 5.42. The van der Waals surface area contributed by atoms with Crippen molar-refractivity contribution >= 4 is 5.91 Å². The number of ether oxygens (including phenoxy) is 3. The van der Waals surface area contributed by atoms with E-state index < -0.39 is 0 Å². The van der Waals surface area contributed by atoms with Gasteiger partial charge in [-0.15, -0.1) is 10.2 Å². The highest BCUT2D eigenvalue weighted by molar-refractivity contribution is 5.75. The normalized spacial score (nSPS) is 14.4. The molecule has 0 atom stereocenters. The number of methoxy groups -OCH3 is 1. The molecule has 0 saturated carbocycles. The van der Waals surface area contributed by atoms with Crippen LogP contribution >= 0.6 is 0 Å². The first-order valence-corrected chi connectivity index (χ1v) is 8.15. The van der Waals surface area contributed by atoms with Crippen molar-refractivity contribution in [3.8, 4) is 22.9 Å². The third-order valence-electron chi connectivity index (χ3n) is 3.81. The molecule has 3 rings (SSSR count).